The summed E-state index contributed by atoms with van der Waals surface area (Å²) >= 11 is 0. The lowest BCUT2D eigenvalue weighted by Crippen LogP contribution is -2.30. The zero-order chi connectivity index (χ0) is 13.1. The molecule has 5 nitrogen and oxygen atoms in total. The van der Waals surface area contributed by atoms with Gasteiger partial charge in [0.1, 0.15) is 0 Å². The predicted octanol–water partition coefficient (Wildman–Crippen LogP) is 0.957. The van der Waals surface area contributed by atoms with Crippen molar-refractivity contribution in [1.82, 2.24) is 4.90 Å². The summed E-state index contributed by atoms with van der Waals surface area (Å²) < 4.78 is 0. The maximum absolute atomic E-state index is 11.8. The Labute approximate surface area is 103 Å². The summed E-state index contributed by atoms with van der Waals surface area (Å²) in [6, 6.07) is 9.06. The lowest BCUT2D eigenvalue weighted by Gasteiger charge is -2.14. The molecule has 0 radical (unpaired) electrons. The number of amides is 2. The Bertz CT molecular complexity index is 533. The van der Waals surface area contributed by atoms with E-state index in [2.05, 4.69) is 0 Å². The molecule has 2 rings (SSSR count). The molecule has 0 spiro atoms. The van der Waals surface area contributed by atoms with Gasteiger partial charge in [0.15, 0.2) is 0 Å². The van der Waals surface area contributed by atoms with Crippen LogP contribution < -0.4 is 0 Å². The van der Waals surface area contributed by atoms with Gasteiger partial charge in [-0.3, -0.25) is 19.3 Å². The number of carboxylic acid groups (broad SMARTS) is 1. The summed E-state index contributed by atoms with van der Waals surface area (Å²) in [7, 11) is 0. The first-order valence-electron chi connectivity index (χ1n) is 5.40. The number of nitrogens with zero attached hydrogens (tertiary/aromatic N) is 1. The van der Waals surface area contributed by atoms with Gasteiger partial charge < -0.3 is 5.11 Å². The lowest BCUT2D eigenvalue weighted by molar-refractivity contribution is -0.140. The van der Waals surface area contributed by atoms with Crippen molar-refractivity contribution < 1.29 is 19.5 Å². The Morgan fingerprint density at radius 1 is 1.17 bits per heavy atom. The molecule has 0 saturated carbocycles. The highest BCUT2D eigenvalue weighted by Crippen LogP contribution is 2.18. The molecule has 0 aromatic heterocycles. The molecular formula is C13H11NO4. The van der Waals surface area contributed by atoms with E-state index in [0.29, 0.717) is 0 Å². The van der Waals surface area contributed by atoms with Gasteiger partial charge in [-0.25, -0.2) is 0 Å². The van der Waals surface area contributed by atoms with E-state index >= 15 is 0 Å². The molecule has 1 aliphatic rings. The van der Waals surface area contributed by atoms with Crippen LogP contribution in [0.3, 0.4) is 0 Å². The van der Waals surface area contributed by atoms with Crippen LogP contribution in [-0.4, -0.2) is 27.8 Å². The normalized spacial score (nSPS) is 14.9. The standard InChI is InChI=1S/C13H11NO4/c15-11-6-10(7-12(16)17)13(18)14(11)8-9-4-2-1-3-5-9/h1-6H,7-8H2,(H,16,17). The van der Waals surface area contributed by atoms with Gasteiger partial charge in [-0.2, -0.15) is 0 Å². The van der Waals surface area contributed by atoms with Crippen molar-refractivity contribution >= 4 is 17.8 Å². The van der Waals surface area contributed by atoms with Gasteiger partial charge in [0.2, 0.25) is 0 Å². The number of hydrogen-bond acceptors (Lipinski definition) is 3. The average molecular weight is 245 g/mol. The molecule has 18 heavy (non-hydrogen) atoms. The molecule has 1 aromatic carbocycles. The van der Waals surface area contributed by atoms with Gasteiger partial charge in [0.25, 0.3) is 11.8 Å². The number of benzene rings is 1. The predicted molar refractivity (Wildman–Crippen MR) is 62.3 cm³/mol. The molecule has 0 unspecified atom stereocenters. The number of imide groups is 1. The number of aliphatic carboxylic acids is 1. The summed E-state index contributed by atoms with van der Waals surface area (Å²) in [4.78, 5) is 35.0. The summed E-state index contributed by atoms with van der Waals surface area (Å²) in [6.45, 7) is 0.165. The molecule has 0 aliphatic carbocycles. The summed E-state index contributed by atoms with van der Waals surface area (Å²) in [5, 5.41) is 8.63. The summed E-state index contributed by atoms with van der Waals surface area (Å²) in [5.41, 5.74) is 0.854. The van der Waals surface area contributed by atoms with Crippen LogP contribution in [0.15, 0.2) is 42.0 Å². The highest BCUT2D eigenvalue weighted by molar-refractivity contribution is 6.17. The Balaban J connectivity index is 2.11. The van der Waals surface area contributed by atoms with Crippen LogP contribution in [0.2, 0.25) is 0 Å². The number of rotatable bonds is 4. The number of hydrogen-bond donors (Lipinski definition) is 1. The topological polar surface area (TPSA) is 74.7 Å². The first kappa shape index (κ1) is 12.0. The molecule has 0 bridgehead atoms. The maximum atomic E-state index is 11.8. The van der Waals surface area contributed by atoms with E-state index in [-0.39, 0.29) is 12.1 Å². The van der Waals surface area contributed by atoms with Crippen LogP contribution in [-0.2, 0) is 20.9 Å². The fourth-order valence-corrected chi connectivity index (χ4v) is 1.77. The van der Waals surface area contributed by atoms with Crippen molar-refractivity contribution in [2.45, 2.75) is 13.0 Å². The fourth-order valence-electron chi connectivity index (χ4n) is 1.77. The van der Waals surface area contributed by atoms with E-state index in [4.69, 9.17) is 5.11 Å². The minimum atomic E-state index is -1.12. The van der Waals surface area contributed by atoms with Crippen molar-refractivity contribution in [1.29, 1.82) is 0 Å². The smallest absolute Gasteiger partial charge is 0.308 e. The maximum Gasteiger partial charge on any atom is 0.308 e. The third kappa shape index (κ3) is 2.45. The second kappa shape index (κ2) is 4.83. The van der Waals surface area contributed by atoms with E-state index in [1.807, 2.05) is 18.2 Å². The second-order valence-electron chi connectivity index (χ2n) is 3.96. The van der Waals surface area contributed by atoms with E-state index in [1.54, 1.807) is 12.1 Å². The average Bonchev–Trinajstić information content (AvgIpc) is 2.58. The zero-order valence-corrected chi connectivity index (χ0v) is 9.50. The fraction of sp³-hybridized carbons (Fsp3) is 0.154. The van der Waals surface area contributed by atoms with Crippen molar-refractivity contribution in [3.8, 4) is 0 Å². The highest BCUT2D eigenvalue weighted by atomic mass is 16.4. The van der Waals surface area contributed by atoms with Gasteiger partial charge >= 0.3 is 5.97 Å². The van der Waals surface area contributed by atoms with E-state index < -0.39 is 24.2 Å². The van der Waals surface area contributed by atoms with Gasteiger partial charge in [0.05, 0.1) is 13.0 Å². The third-order valence-electron chi connectivity index (χ3n) is 2.61. The van der Waals surface area contributed by atoms with Crippen molar-refractivity contribution in [3.63, 3.8) is 0 Å². The zero-order valence-electron chi connectivity index (χ0n) is 9.50. The Morgan fingerprint density at radius 3 is 2.44 bits per heavy atom. The highest BCUT2D eigenvalue weighted by Gasteiger charge is 2.31. The minimum absolute atomic E-state index is 0.0310. The molecule has 1 aliphatic heterocycles. The van der Waals surface area contributed by atoms with Crippen LogP contribution in [0.4, 0.5) is 0 Å². The molecule has 0 atom stereocenters. The third-order valence-corrected chi connectivity index (χ3v) is 2.61. The first-order valence-corrected chi connectivity index (χ1v) is 5.40. The van der Waals surface area contributed by atoms with Crippen LogP contribution in [0.25, 0.3) is 0 Å². The summed E-state index contributed by atoms with van der Waals surface area (Å²) in [6.07, 6.45) is 0.676. The molecule has 1 aromatic rings. The first-order chi connectivity index (χ1) is 8.58. The Kier molecular flexibility index (Phi) is 3.23. The van der Waals surface area contributed by atoms with Crippen molar-refractivity contribution in [2.24, 2.45) is 0 Å². The molecule has 1 heterocycles. The molecule has 1 N–H and O–H groups in total. The van der Waals surface area contributed by atoms with Crippen molar-refractivity contribution in [3.05, 3.63) is 47.5 Å². The van der Waals surface area contributed by atoms with Crippen LogP contribution in [0.5, 0.6) is 0 Å². The van der Waals surface area contributed by atoms with E-state index in [1.165, 1.54) is 0 Å². The minimum Gasteiger partial charge on any atom is -0.481 e. The number of carbonyl (C=O) groups is 3. The molecule has 0 saturated heterocycles. The number of carboxylic acids is 1. The lowest BCUT2D eigenvalue weighted by atomic mass is 10.2. The molecule has 5 heteroatoms. The van der Waals surface area contributed by atoms with Gasteiger partial charge in [-0.15, -0.1) is 0 Å². The quantitative estimate of drug-likeness (QED) is 0.801. The van der Waals surface area contributed by atoms with Gasteiger partial charge in [-0.1, -0.05) is 30.3 Å². The molecule has 2 amide bonds. The van der Waals surface area contributed by atoms with Gasteiger partial charge in [-0.05, 0) is 5.56 Å². The molecule has 0 fully saturated rings. The van der Waals surface area contributed by atoms with Crippen molar-refractivity contribution in [2.75, 3.05) is 0 Å². The Hall–Kier alpha value is -2.43. The number of carbonyl (C=O) groups excluding carboxylic acids is 2. The second-order valence-corrected chi connectivity index (χ2v) is 3.96. The molecular weight excluding hydrogens is 234 g/mol. The largest absolute Gasteiger partial charge is 0.481 e. The van der Waals surface area contributed by atoms with E-state index in [9.17, 15) is 14.4 Å². The van der Waals surface area contributed by atoms with Crippen LogP contribution in [0.1, 0.15) is 12.0 Å². The Morgan fingerprint density at radius 2 is 1.83 bits per heavy atom. The monoisotopic (exact) mass is 245 g/mol. The van der Waals surface area contributed by atoms with Gasteiger partial charge in [0, 0.05) is 11.6 Å². The van der Waals surface area contributed by atoms with Crippen LogP contribution in [0, 0.1) is 0 Å². The van der Waals surface area contributed by atoms with Crippen LogP contribution >= 0.6 is 0 Å². The van der Waals surface area contributed by atoms with E-state index in [0.717, 1.165) is 16.5 Å². The SMILES string of the molecule is O=C(O)CC1=CC(=O)N(Cc2ccccc2)C1=O. The molecule has 92 valence electrons. The summed E-state index contributed by atoms with van der Waals surface area (Å²) in [5.74, 6) is -2.10.